The molecule has 2 aliphatic carbocycles. The van der Waals surface area contributed by atoms with Crippen LogP contribution in [0.1, 0.15) is 77.0 Å². The number of β-amino-alcohol motifs (C(OH)–C–C–N with tert-alkyl or cyclic N) is 1. The van der Waals surface area contributed by atoms with E-state index in [1.54, 1.807) is 37.6 Å². The molecule has 5 rings (SSSR count). The Morgan fingerprint density at radius 2 is 1.91 bits per heavy atom. The van der Waals surface area contributed by atoms with E-state index in [0.29, 0.717) is 11.7 Å². The second-order valence-electron chi connectivity index (χ2n) is 13.9. The summed E-state index contributed by atoms with van der Waals surface area (Å²) in [5.74, 6) is -0.822. The summed E-state index contributed by atoms with van der Waals surface area (Å²) < 4.78 is 21.0. The number of hydrogen-bond acceptors (Lipinski definition) is 8. The van der Waals surface area contributed by atoms with Crippen LogP contribution in [0.3, 0.4) is 0 Å². The van der Waals surface area contributed by atoms with E-state index in [4.69, 9.17) is 4.74 Å². The number of amides is 3. The lowest BCUT2D eigenvalue weighted by molar-refractivity contribution is -0.145. The Bertz CT molecular complexity index is 1400. The first kappa shape index (κ1) is 33.3. The zero-order valence-corrected chi connectivity index (χ0v) is 27.3. The molecule has 0 spiro atoms. The van der Waals surface area contributed by atoms with Gasteiger partial charge in [-0.3, -0.25) is 14.4 Å². The smallest absolute Gasteiger partial charge is 0.258 e. The number of rotatable bonds is 10. The van der Waals surface area contributed by atoms with E-state index in [2.05, 4.69) is 15.6 Å². The number of alkyl halides is 1. The van der Waals surface area contributed by atoms with Crippen LogP contribution in [0.4, 0.5) is 4.39 Å². The summed E-state index contributed by atoms with van der Waals surface area (Å²) >= 11 is 1.54. The normalized spacial score (nSPS) is 25.0. The molecule has 2 saturated carbocycles. The fourth-order valence-corrected chi connectivity index (χ4v) is 6.96. The van der Waals surface area contributed by atoms with E-state index < -0.39 is 47.0 Å². The van der Waals surface area contributed by atoms with Crippen LogP contribution < -0.4 is 15.4 Å². The quantitative estimate of drug-likeness (QED) is 0.310. The summed E-state index contributed by atoms with van der Waals surface area (Å²) in [5.41, 5.74) is 1.76. The van der Waals surface area contributed by atoms with Crippen LogP contribution in [0.15, 0.2) is 23.7 Å². The largest absolute Gasteiger partial charge is 0.490 e. The number of hydrogen-bond donors (Lipinski definition) is 4. The number of aromatic nitrogens is 1. The Kier molecular flexibility index (Phi) is 9.86. The van der Waals surface area contributed by atoms with E-state index in [1.165, 1.54) is 4.90 Å². The third kappa shape index (κ3) is 7.66. The standard InChI is InChI=1S/C33H45FN4O6S/c1-19-27(45-18-36-19)21-7-8-22(26(13-21)44-24-9-5-20(17-39)6-10-24)15-35-29(41)25-14-23(40)16-38(25)30(42)28(32(2,3)4)37-31(43)33(34)11-12-33/h7-8,13,18,20,23-25,28,39-40H,5-6,9-12,14-17H2,1-4H3,(H,35,41)(H,37,43)/t20?,23-,24?,25+,28-/m1/s1. The lowest BCUT2D eigenvalue weighted by atomic mass is 9.85. The second kappa shape index (κ2) is 13.3. The average molecular weight is 645 g/mol. The van der Waals surface area contributed by atoms with Crippen LogP contribution in [0.5, 0.6) is 5.75 Å². The summed E-state index contributed by atoms with van der Waals surface area (Å²) in [7, 11) is 0. The topological polar surface area (TPSA) is 141 Å². The number of aryl methyl sites for hydroxylation is 1. The van der Waals surface area contributed by atoms with E-state index in [0.717, 1.165) is 47.4 Å². The molecule has 2 heterocycles. The molecule has 1 aromatic carbocycles. The summed E-state index contributed by atoms with van der Waals surface area (Å²) in [6.45, 7) is 7.52. The molecule has 3 aliphatic rings. The monoisotopic (exact) mass is 644 g/mol. The van der Waals surface area contributed by atoms with Gasteiger partial charge < -0.3 is 30.5 Å². The SMILES string of the molecule is Cc1ncsc1-c1ccc(CNC(=O)[C@@H]2C[C@@H](O)CN2C(=O)[C@@H](NC(=O)C2(F)CC2)C(C)(C)C)c(OC2CCC(CO)CC2)c1. The van der Waals surface area contributed by atoms with Gasteiger partial charge in [-0.25, -0.2) is 9.37 Å². The van der Waals surface area contributed by atoms with Crippen molar-refractivity contribution in [3.8, 4) is 16.2 Å². The first-order chi connectivity index (χ1) is 21.3. The van der Waals surface area contributed by atoms with E-state index >= 15 is 0 Å². The van der Waals surface area contributed by atoms with Crippen LogP contribution >= 0.6 is 11.3 Å². The van der Waals surface area contributed by atoms with Gasteiger partial charge in [0.2, 0.25) is 11.8 Å². The number of ether oxygens (including phenoxy) is 1. The number of carbonyl (C=O) groups is 3. The van der Waals surface area contributed by atoms with E-state index in [9.17, 15) is 29.0 Å². The number of likely N-dealkylation sites (tertiary alicyclic amines) is 1. The molecule has 0 radical (unpaired) electrons. The molecule has 1 aliphatic heterocycles. The Hall–Kier alpha value is -3.09. The van der Waals surface area contributed by atoms with Gasteiger partial charge in [-0.1, -0.05) is 32.9 Å². The van der Waals surface area contributed by atoms with Gasteiger partial charge in [-0.2, -0.15) is 0 Å². The van der Waals surface area contributed by atoms with E-state index in [-0.39, 0.29) is 45.1 Å². The Morgan fingerprint density at radius 3 is 2.51 bits per heavy atom. The number of carbonyl (C=O) groups excluding carboxylic acids is 3. The first-order valence-electron chi connectivity index (χ1n) is 15.9. The minimum atomic E-state index is -1.95. The average Bonchev–Trinajstić information content (AvgIpc) is 3.41. The van der Waals surface area contributed by atoms with Crippen LogP contribution in [0.25, 0.3) is 10.4 Å². The number of aliphatic hydroxyl groups is 2. The highest BCUT2D eigenvalue weighted by Gasteiger charge is 2.53. The molecule has 1 saturated heterocycles. The molecular formula is C33H45FN4O6S. The molecule has 12 heteroatoms. The van der Waals surface area contributed by atoms with Crippen molar-refractivity contribution in [3.05, 3.63) is 35.0 Å². The molecule has 0 bridgehead atoms. The van der Waals surface area contributed by atoms with Gasteiger partial charge in [-0.15, -0.1) is 11.3 Å². The maximum absolute atomic E-state index is 14.5. The van der Waals surface area contributed by atoms with Gasteiger partial charge >= 0.3 is 0 Å². The Morgan fingerprint density at radius 1 is 1.20 bits per heavy atom. The first-order valence-corrected chi connectivity index (χ1v) is 16.7. The number of benzene rings is 1. The van der Waals surface area contributed by atoms with Gasteiger partial charge in [0.25, 0.3) is 5.91 Å². The third-order valence-electron chi connectivity index (χ3n) is 9.22. The van der Waals surface area contributed by atoms with Gasteiger partial charge in [0.1, 0.15) is 17.8 Å². The Balaban J connectivity index is 1.31. The van der Waals surface area contributed by atoms with Crippen molar-refractivity contribution < 1.29 is 33.7 Å². The lowest BCUT2D eigenvalue weighted by Crippen LogP contribution is -2.59. The summed E-state index contributed by atoms with van der Waals surface area (Å²) in [6.07, 6.45) is 2.80. The third-order valence-corrected chi connectivity index (χ3v) is 10.2. The maximum Gasteiger partial charge on any atom is 0.258 e. The van der Waals surface area contributed by atoms with Crippen molar-refractivity contribution in [1.82, 2.24) is 20.5 Å². The predicted octanol–water partition coefficient (Wildman–Crippen LogP) is 3.66. The highest BCUT2D eigenvalue weighted by atomic mass is 32.1. The van der Waals surface area contributed by atoms with Gasteiger partial charge in [-0.05, 0) is 68.4 Å². The summed E-state index contributed by atoms with van der Waals surface area (Å²) in [4.78, 5) is 46.6. The molecule has 10 nitrogen and oxygen atoms in total. The van der Waals surface area contributed by atoms with E-state index in [1.807, 2.05) is 25.1 Å². The fraction of sp³-hybridized carbons (Fsp3) is 0.636. The van der Waals surface area contributed by atoms with Crippen LogP contribution in [0.2, 0.25) is 0 Å². The number of aliphatic hydroxyl groups excluding tert-OH is 2. The maximum atomic E-state index is 14.5. The summed E-state index contributed by atoms with van der Waals surface area (Å²) in [5, 5.41) is 25.6. The minimum absolute atomic E-state index is 0.0122. The summed E-state index contributed by atoms with van der Waals surface area (Å²) in [6, 6.07) is 3.85. The highest BCUT2D eigenvalue weighted by Crippen LogP contribution is 2.40. The minimum Gasteiger partial charge on any atom is -0.490 e. The highest BCUT2D eigenvalue weighted by molar-refractivity contribution is 7.13. The van der Waals surface area contributed by atoms with Gasteiger partial charge in [0, 0.05) is 31.7 Å². The Labute approximate surface area is 267 Å². The van der Waals surface area contributed by atoms with Crippen molar-refractivity contribution in [2.24, 2.45) is 11.3 Å². The molecular weight excluding hydrogens is 599 g/mol. The fourth-order valence-electron chi connectivity index (χ4n) is 6.16. The lowest BCUT2D eigenvalue weighted by Gasteiger charge is -2.35. The molecule has 3 fully saturated rings. The molecule has 2 aromatic rings. The predicted molar refractivity (Wildman–Crippen MR) is 168 cm³/mol. The van der Waals surface area contributed by atoms with Gasteiger partial charge in [0.05, 0.1) is 28.3 Å². The number of nitrogens with zero attached hydrogens (tertiary/aromatic N) is 2. The van der Waals surface area contributed by atoms with Crippen LogP contribution in [-0.2, 0) is 20.9 Å². The van der Waals surface area contributed by atoms with Crippen molar-refractivity contribution in [1.29, 1.82) is 0 Å². The van der Waals surface area contributed by atoms with Crippen LogP contribution in [0, 0.1) is 18.3 Å². The van der Waals surface area contributed by atoms with Crippen molar-refractivity contribution in [2.45, 2.75) is 109 Å². The van der Waals surface area contributed by atoms with Gasteiger partial charge in [0.15, 0.2) is 5.67 Å². The molecule has 1 aromatic heterocycles. The van der Waals surface area contributed by atoms with Crippen molar-refractivity contribution in [2.75, 3.05) is 13.2 Å². The zero-order chi connectivity index (χ0) is 32.5. The molecule has 3 atom stereocenters. The molecule has 45 heavy (non-hydrogen) atoms. The number of nitrogens with one attached hydrogen (secondary N) is 2. The molecule has 4 N–H and O–H groups in total. The number of thiazole rings is 1. The number of halogens is 1. The molecule has 3 amide bonds. The molecule has 246 valence electrons. The van der Waals surface area contributed by atoms with Crippen LogP contribution in [-0.4, -0.2) is 80.9 Å². The molecule has 0 unspecified atom stereocenters. The van der Waals surface area contributed by atoms with Crippen molar-refractivity contribution >= 4 is 29.1 Å². The second-order valence-corrected chi connectivity index (χ2v) is 14.7. The van der Waals surface area contributed by atoms with Crippen molar-refractivity contribution in [3.63, 3.8) is 0 Å². The zero-order valence-electron chi connectivity index (χ0n) is 26.5.